The maximum atomic E-state index is 13.7. The van der Waals surface area contributed by atoms with Crippen molar-refractivity contribution in [2.45, 2.75) is 0 Å². The third-order valence-corrected chi connectivity index (χ3v) is 2.45. The molecule has 2 heterocycles. The molecule has 17 heavy (non-hydrogen) atoms. The highest BCUT2D eigenvalue weighted by Gasteiger charge is 2.12. The van der Waals surface area contributed by atoms with Crippen LogP contribution in [0.4, 0.5) is 10.1 Å². The number of hydrogen-bond donors (Lipinski definition) is 1. The Bertz CT molecular complexity index is 691. The average Bonchev–Trinajstić information content (AvgIpc) is 2.76. The van der Waals surface area contributed by atoms with E-state index in [4.69, 9.17) is 5.73 Å². The Balaban J connectivity index is 2.31. The highest BCUT2D eigenvalue weighted by Crippen LogP contribution is 2.23. The van der Waals surface area contributed by atoms with Crippen LogP contribution in [0.2, 0.25) is 0 Å². The minimum absolute atomic E-state index is 0.311. The quantitative estimate of drug-likeness (QED) is 0.642. The number of fused-ring (bicyclic) bond motifs is 1. The molecule has 0 radical (unpaired) electrons. The van der Waals surface area contributed by atoms with E-state index in [9.17, 15) is 4.39 Å². The first-order valence-corrected chi connectivity index (χ1v) is 4.96. The molecule has 2 N–H and O–H groups in total. The number of nitrogens with two attached hydrogens (primary N) is 1. The molecule has 0 amide bonds. The zero-order valence-electron chi connectivity index (χ0n) is 8.71. The summed E-state index contributed by atoms with van der Waals surface area (Å²) in [6.07, 6.45) is 3.14. The molecular weight excluding hydrogens is 221 g/mol. The number of benzene rings is 1. The zero-order valence-corrected chi connectivity index (χ0v) is 8.71. The van der Waals surface area contributed by atoms with Gasteiger partial charge in [-0.2, -0.15) is 0 Å². The summed E-state index contributed by atoms with van der Waals surface area (Å²) < 4.78 is 15.3. The summed E-state index contributed by atoms with van der Waals surface area (Å²) in [6, 6.07) is 6.03. The molecule has 1 aromatic carbocycles. The summed E-state index contributed by atoms with van der Waals surface area (Å²) >= 11 is 0. The predicted octanol–water partition coefficient (Wildman–Crippen LogP) is 1.51. The highest BCUT2D eigenvalue weighted by molar-refractivity contribution is 5.64. The van der Waals surface area contributed by atoms with Gasteiger partial charge in [-0.05, 0) is 18.2 Å². The average molecular weight is 229 g/mol. The summed E-state index contributed by atoms with van der Waals surface area (Å²) in [5, 5.41) is 7.88. The minimum Gasteiger partial charge on any atom is -0.399 e. The lowest BCUT2D eigenvalue weighted by atomic mass is 10.2. The fourth-order valence-corrected chi connectivity index (χ4v) is 1.64. The second-order valence-electron chi connectivity index (χ2n) is 3.57. The molecule has 0 aliphatic rings. The standard InChI is InChI=1S/C11H8FN5/c12-9-2-1-7(13)5-8(9)11-16-15-10-3-4-14-6-17(10)11/h1-6H,13H2. The molecule has 0 spiro atoms. The van der Waals surface area contributed by atoms with Crippen molar-refractivity contribution in [2.24, 2.45) is 0 Å². The van der Waals surface area contributed by atoms with Gasteiger partial charge in [-0.3, -0.25) is 4.40 Å². The van der Waals surface area contributed by atoms with E-state index in [1.807, 2.05) is 0 Å². The lowest BCUT2D eigenvalue weighted by molar-refractivity contribution is 0.630. The molecule has 0 atom stereocenters. The maximum absolute atomic E-state index is 13.7. The molecule has 3 rings (SSSR count). The van der Waals surface area contributed by atoms with Gasteiger partial charge < -0.3 is 5.73 Å². The molecular formula is C11H8FN5. The first-order valence-electron chi connectivity index (χ1n) is 4.96. The summed E-state index contributed by atoms with van der Waals surface area (Å²) in [5.41, 5.74) is 7.03. The number of rotatable bonds is 1. The van der Waals surface area contributed by atoms with Crippen LogP contribution >= 0.6 is 0 Å². The summed E-state index contributed by atoms with van der Waals surface area (Å²) in [4.78, 5) is 3.95. The van der Waals surface area contributed by atoms with Gasteiger partial charge >= 0.3 is 0 Å². The molecule has 0 saturated heterocycles. The van der Waals surface area contributed by atoms with Crippen LogP contribution in [-0.2, 0) is 0 Å². The third-order valence-electron chi connectivity index (χ3n) is 2.45. The van der Waals surface area contributed by atoms with Gasteiger partial charge in [0.2, 0.25) is 0 Å². The van der Waals surface area contributed by atoms with Crippen molar-refractivity contribution >= 4 is 11.3 Å². The van der Waals surface area contributed by atoms with Crippen LogP contribution in [0, 0.1) is 5.82 Å². The van der Waals surface area contributed by atoms with E-state index < -0.39 is 5.82 Å². The van der Waals surface area contributed by atoms with Crippen molar-refractivity contribution < 1.29 is 4.39 Å². The van der Waals surface area contributed by atoms with Crippen molar-refractivity contribution in [3.8, 4) is 11.4 Å². The zero-order chi connectivity index (χ0) is 11.8. The minimum atomic E-state index is -0.391. The van der Waals surface area contributed by atoms with Gasteiger partial charge in [0.1, 0.15) is 12.1 Å². The second kappa shape index (κ2) is 3.51. The Labute approximate surface area is 95.7 Å². The summed E-state index contributed by atoms with van der Waals surface area (Å²) in [6.45, 7) is 0. The molecule has 2 aromatic heterocycles. The fourth-order valence-electron chi connectivity index (χ4n) is 1.64. The van der Waals surface area contributed by atoms with E-state index in [-0.39, 0.29) is 0 Å². The van der Waals surface area contributed by atoms with Crippen molar-refractivity contribution in [3.05, 3.63) is 42.6 Å². The number of hydrogen-bond acceptors (Lipinski definition) is 4. The number of anilines is 1. The van der Waals surface area contributed by atoms with Gasteiger partial charge in [-0.15, -0.1) is 10.2 Å². The number of nitrogen functional groups attached to an aromatic ring is 1. The van der Waals surface area contributed by atoms with Gasteiger partial charge in [-0.25, -0.2) is 9.37 Å². The van der Waals surface area contributed by atoms with Crippen LogP contribution < -0.4 is 5.73 Å². The van der Waals surface area contributed by atoms with Crippen molar-refractivity contribution in [3.63, 3.8) is 0 Å². The number of halogens is 1. The van der Waals surface area contributed by atoms with Crippen LogP contribution in [0.15, 0.2) is 36.8 Å². The smallest absolute Gasteiger partial charge is 0.172 e. The maximum Gasteiger partial charge on any atom is 0.172 e. The van der Waals surface area contributed by atoms with Crippen LogP contribution in [0.5, 0.6) is 0 Å². The Morgan fingerprint density at radius 3 is 2.94 bits per heavy atom. The monoisotopic (exact) mass is 229 g/mol. The van der Waals surface area contributed by atoms with Gasteiger partial charge in [0.25, 0.3) is 0 Å². The Morgan fingerprint density at radius 1 is 1.18 bits per heavy atom. The van der Waals surface area contributed by atoms with Gasteiger partial charge in [0, 0.05) is 18.0 Å². The Morgan fingerprint density at radius 2 is 2.06 bits per heavy atom. The van der Waals surface area contributed by atoms with E-state index in [2.05, 4.69) is 15.2 Å². The van der Waals surface area contributed by atoms with E-state index in [0.717, 1.165) is 0 Å². The first-order chi connectivity index (χ1) is 8.25. The summed E-state index contributed by atoms with van der Waals surface area (Å²) in [7, 11) is 0. The normalized spacial score (nSPS) is 10.9. The van der Waals surface area contributed by atoms with Gasteiger partial charge in [-0.1, -0.05) is 0 Å². The third kappa shape index (κ3) is 1.50. The molecule has 6 heteroatoms. The molecule has 5 nitrogen and oxygen atoms in total. The highest BCUT2D eigenvalue weighted by atomic mass is 19.1. The predicted molar refractivity (Wildman–Crippen MR) is 60.6 cm³/mol. The number of aromatic nitrogens is 4. The van der Waals surface area contributed by atoms with E-state index in [0.29, 0.717) is 22.7 Å². The van der Waals surface area contributed by atoms with Gasteiger partial charge in [0.05, 0.1) is 5.56 Å². The first kappa shape index (κ1) is 9.71. The van der Waals surface area contributed by atoms with Crippen molar-refractivity contribution in [1.29, 1.82) is 0 Å². The SMILES string of the molecule is Nc1ccc(F)c(-c2nnc3ccncn23)c1. The van der Waals surface area contributed by atoms with E-state index in [1.54, 1.807) is 16.7 Å². The molecule has 0 saturated carbocycles. The van der Waals surface area contributed by atoms with Crippen LogP contribution in [0.25, 0.3) is 17.0 Å². The van der Waals surface area contributed by atoms with Crippen LogP contribution in [0.1, 0.15) is 0 Å². The Kier molecular flexibility index (Phi) is 2.01. The second-order valence-corrected chi connectivity index (χ2v) is 3.57. The molecule has 3 aromatic rings. The van der Waals surface area contributed by atoms with Crippen LogP contribution in [0.3, 0.4) is 0 Å². The largest absolute Gasteiger partial charge is 0.399 e. The molecule has 0 fully saturated rings. The Hall–Kier alpha value is -2.50. The molecule has 0 bridgehead atoms. The van der Waals surface area contributed by atoms with E-state index >= 15 is 0 Å². The lowest BCUT2D eigenvalue weighted by Crippen LogP contribution is -1.95. The molecule has 0 unspecified atom stereocenters. The van der Waals surface area contributed by atoms with Crippen molar-refractivity contribution in [2.75, 3.05) is 5.73 Å². The lowest BCUT2D eigenvalue weighted by Gasteiger charge is -2.02. The molecule has 84 valence electrons. The topological polar surface area (TPSA) is 69.1 Å². The fraction of sp³-hybridized carbons (Fsp3) is 0. The molecule has 0 aliphatic heterocycles. The van der Waals surface area contributed by atoms with Gasteiger partial charge in [0.15, 0.2) is 11.5 Å². The number of nitrogens with zero attached hydrogens (tertiary/aromatic N) is 4. The molecule has 0 aliphatic carbocycles. The van der Waals surface area contributed by atoms with Crippen LogP contribution in [-0.4, -0.2) is 19.6 Å². The van der Waals surface area contributed by atoms with E-state index in [1.165, 1.54) is 24.5 Å². The van der Waals surface area contributed by atoms with Crippen molar-refractivity contribution in [1.82, 2.24) is 19.6 Å². The summed E-state index contributed by atoms with van der Waals surface area (Å²) in [5.74, 6) is -0.00440.